The molecule has 0 fully saturated rings. The molecule has 0 unspecified atom stereocenters. The third kappa shape index (κ3) is 5.46. The minimum atomic E-state index is -0.500. The molecule has 0 aliphatic rings. The Hall–Kier alpha value is -2.07. The Labute approximate surface area is 157 Å². The van der Waals surface area contributed by atoms with Gasteiger partial charge >= 0.3 is 0 Å². The minimum absolute atomic E-state index is 0.123. The summed E-state index contributed by atoms with van der Waals surface area (Å²) in [7, 11) is 1.79. The van der Waals surface area contributed by atoms with Crippen molar-refractivity contribution in [1.29, 1.82) is 0 Å². The van der Waals surface area contributed by atoms with Crippen LogP contribution >= 0.6 is 28.1 Å². The zero-order valence-corrected chi connectivity index (χ0v) is 15.8. The number of nitrogens with one attached hydrogen (secondary N) is 3. The van der Waals surface area contributed by atoms with Crippen LogP contribution in [0.1, 0.15) is 22.6 Å². The molecule has 0 aliphatic carbocycles. The van der Waals surface area contributed by atoms with E-state index in [1.807, 2.05) is 0 Å². The van der Waals surface area contributed by atoms with Gasteiger partial charge in [-0.2, -0.15) is 5.10 Å². The largest absolute Gasteiger partial charge is 0.356 e. The van der Waals surface area contributed by atoms with Crippen molar-refractivity contribution in [3.05, 3.63) is 44.6 Å². The average Bonchev–Trinajstić information content (AvgIpc) is 2.89. The molecule has 25 heavy (non-hydrogen) atoms. The van der Waals surface area contributed by atoms with Crippen molar-refractivity contribution < 1.29 is 14.0 Å². The Balaban J connectivity index is 1.71. The van der Waals surface area contributed by atoms with Gasteiger partial charge in [0.2, 0.25) is 5.91 Å². The minimum Gasteiger partial charge on any atom is -0.356 e. The lowest BCUT2D eigenvalue weighted by atomic mass is 10.2. The van der Waals surface area contributed by atoms with E-state index in [2.05, 4.69) is 36.8 Å². The van der Waals surface area contributed by atoms with Gasteiger partial charge in [0.1, 0.15) is 11.6 Å². The van der Waals surface area contributed by atoms with Crippen LogP contribution in [0.25, 0.3) is 0 Å². The average molecular weight is 430 g/mol. The molecule has 2 rings (SSSR count). The van der Waals surface area contributed by atoms with Gasteiger partial charge in [-0.15, -0.1) is 0 Å². The SMILES string of the molecule is Cn1c(CCNC(=O)CCNC(=O)c2cc(F)ccc2Br)n[nH]c1=S. The lowest BCUT2D eigenvalue weighted by molar-refractivity contribution is -0.120. The maximum Gasteiger partial charge on any atom is 0.252 e. The number of aromatic nitrogens is 3. The molecule has 0 saturated carbocycles. The Morgan fingerprint density at radius 1 is 1.36 bits per heavy atom. The molecule has 0 radical (unpaired) electrons. The maximum atomic E-state index is 13.2. The van der Waals surface area contributed by atoms with Crippen molar-refractivity contribution in [2.75, 3.05) is 13.1 Å². The molecule has 2 aromatic rings. The molecular formula is C15H17BrFN5O2S. The van der Waals surface area contributed by atoms with Crippen LogP contribution in [0.3, 0.4) is 0 Å². The number of aromatic amines is 1. The summed E-state index contributed by atoms with van der Waals surface area (Å²) in [5.41, 5.74) is 0.186. The fourth-order valence-corrected chi connectivity index (χ4v) is 2.64. The van der Waals surface area contributed by atoms with Crippen molar-refractivity contribution in [2.24, 2.45) is 7.05 Å². The third-order valence-corrected chi connectivity index (χ3v) is 4.51. The predicted molar refractivity (Wildman–Crippen MR) is 96.2 cm³/mol. The van der Waals surface area contributed by atoms with Crippen molar-refractivity contribution in [3.63, 3.8) is 0 Å². The Kier molecular flexibility index (Phi) is 6.82. The summed E-state index contributed by atoms with van der Waals surface area (Å²) >= 11 is 8.20. The monoisotopic (exact) mass is 429 g/mol. The van der Waals surface area contributed by atoms with Crippen LogP contribution in [0.5, 0.6) is 0 Å². The zero-order valence-electron chi connectivity index (χ0n) is 13.4. The van der Waals surface area contributed by atoms with E-state index < -0.39 is 11.7 Å². The van der Waals surface area contributed by atoms with Crippen molar-refractivity contribution in [2.45, 2.75) is 12.8 Å². The number of halogens is 2. The van der Waals surface area contributed by atoms with Gasteiger partial charge in [-0.3, -0.25) is 14.7 Å². The Morgan fingerprint density at radius 3 is 2.80 bits per heavy atom. The summed E-state index contributed by atoms with van der Waals surface area (Å²) in [4.78, 5) is 23.7. The van der Waals surface area contributed by atoms with Crippen LogP contribution in [0.4, 0.5) is 4.39 Å². The van der Waals surface area contributed by atoms with Crippen LogP contribution < -0.4 is 10.6 Å². The lowest BCUT2D eigenvalue weighted by Crippen LogP contribution is -2.32. The number of rotatable bonds is 7. The molecule has 134 valence electrons. The van der Waals surface area contributed by atoms with Gasteiger partial charge in [0.25, 0.3) is 5.91 Å². The van der Waals surface area contributed by atoms with Crippen LogP contribution in [-0.2, 0) is 18.3 Å². The van der Waals surface area contributed by atoms with Crippen LogP contribution in [0.15, 0.2) is 22.7 Å². The zero-order chi connectivity index (χ0) is 18.4. The van der Waals surface area contributed by atoms with Crippen molar-refractivity contribution >= 4 is 40.0 Å². The standard InChI is InChI=1S/C15H17BrFN5O2S/c1-22-12(20-21-15(22)25)4-6-18-13(23)5-7-19-14(24)10-8-9(17)2-3-11(10)16/h2-3,8H,4-7H2,1H3,(H,18,23)(H,19,24)(H,21,25). The summed E-state index contributed by atoms with van der Waals surface area (Å²) in [6.07, 6.45) is 0.662. The molecule has 3 N–H and O–H groups in total. The topological polar surface area (TPSA) is 91.8 Å². The number of hydrogen-bond donors (Lipinski definition) is 3. The number of hydrogen-bond acceptors (Lipinski definition) is 4. The third-order valence-electron chi connectivity index (χ3n) is 3.45. The second-order valence-electron chi connectivity index (χ2n) is 5.23. The molecule has 7 nitrogen and oxygen atoms in total. The molecule has 0 saturated heterocycles. The first-order chi connectivity index (χ1) is 11.9. The van der Waals surface area contributed by atoms with Gasteiger partial charge in [-0.05, 0) is 46.3 Å². The Bertz CT molecular complexity index is 836. The van der Waals surface area contributed by atoms with Gasteiger partial charge in [-0.25, -0.2) is 4.39 Å². The molecule has 2 amide bonds. The summed E-state index contributed by atoms with van der Waals surface area (Å²) in [5.74, 6) is -0.398. The molecular weight excluding hydrogens is 413 g/mol. The summed E-state index contributed by atoms with van der Waals surface area (Å²) in [5, 5.41) is 12.0. The smallest absolute Gasteiger partial charge is 0.252 e. The molecule has 1 aromatic carbocycles. The molecule has 0 atom stereocenters. The maximum absolute atomic E-state index is 13.2. The van der Waals surface area contributed by atoms with Crippen LogP contribution in [0, 0.1) is 10.6 Å². The number of benzene rings is 1. The summed E-state index contributed by atoms with van der Waals surface area (Å²) in [6.45, 7) is 0.565. The van der Waals surface area contributed by atoms with E-state index in [9.17, 15) is 14.0 Å². The molecule has 0 aliphatic heterocycles. The fraction of sp³-hybridized carbons (Fsp3) is 0.333. The first-order valence-electron chi connectivity index (χ1n) is 7.48. The van der Waals surface area contributed by atoms with Gasteiger partial charge < -0.3 is 15.2 Å². The first kappa shape index (κ1) is 19.3. The van der Waals surface area contributed by atoms with Gasteiger partial charge in [0.15, 0.2) is 4.77 Å². The number of nitrogens with zero attached hydrogens (tertiary/aromatic N) is 2. The van der Waals surface area contributed by atoms with E-state index in [4.69, 9.17) is 12.2 Å². The normalized spacial score (nSPS) is 10.5. The highest BCUT2D eigenvalue weighted by Gasteiger charge is 2.11. The summed E-state index contributed by atoms with van der Waals surface area (Å²) < 4.78 is 15.9. The predicted octanol–water partition coefficient (Wildman–Crippen LogP) is 1.86. The van der Waals surface area contributed by atoms with Gasteiger partial charge in [0.05, 0.1) is 5.56 Å². The number of H-pyrrole nitrogens is 1. The lowest BCUT2D eigenvalue weighted by Gasteiger charge is -2.08. The molecule has 0 spiro atoms. The van der Waals surface area contributed by atoms with E-state index in [1.165, 1.54) is 12.1 Å². The summed E-state index contributed by atoms with van der Waals surface area (Å²) in [6, 6.07) is 3.85. The molecule has 1 aromatic heterocycles. The van der Waals surface area contributed by atoms with Crippen molar-refractivity contribution in [3.8, 4) is 0 Å². The molecule has 0 bridgehead atoms. The Morgan fingerprint density at radius 2 is 2.12 bits per heavy atom. The second-order valence-corrected chi connectivity index (χ2v) is 6.48. The van der Waals surface area contributed by atoms with E-state index in [0.717, 1.165) is 11.9 Å². The first-order valence-corrected chi connectivity index (χ1v) is 8.69. The highest BCUT2D eigenvalue weighted by atomic mass is 79.9. The molecule has 1 heterocycles. The highest BCUT2D eigenvalue weighted by Crippen LogP contribution is 2.17. The van der Waals surface area contributed by atoms with Crippen LogP contribution in [0.2, 0.25) is 0 Å². The van der Waals surface area contributed by atoms with Gasteiger partial charge in [-0.1, -0.05) is 0 Å². The van der Waals surface area contributed by atoms with Crippen LogP contribution in [-0.4, -0.2) is 39.7 Å². The van der Waals surface area contributed by atoms with Gasteiger partial charge in [0, 0.05) is 37.5 Å². The number of carbonyl (C=O) groups is 2. The molecule has 10 heteroatoms. The number of carbonyl (C=O) groups excluding carboxylic acids is 2. The van der Waals surface area contributed by atoms with E-state index in [-0.39, 0.29) is 24.4 Å². The highest BCUT2D eigenvalue weighted by molar-refractivity contribution is 9.10. The fourth-order valence-electron chi connectivity index (χ4n) is 2.06. The van der Waals surface area contributed by atoms with E-state index >= 15 is 0 Å². The quantitative estimate of drug-likeness (QED) is 0.585. The van der Waals surface area contributed by atoms with E-state index in [1.54, 1.807) is 11.6 Å². The van der Waals surface area contributed by atoms with E-state index in [0.29, 0.717) is 22.2 Å². The number of amides is 2. The van der Waals surface area contributed by atoms with Crippen molar-refractivity contribution in [1.82, 2.24) is 25.4 Å². The second kappa shape index (κ2) is 8.86.